The molecule has 0 fully saturated rings. The van der Waals surface area contributed by atoms with Crippen LogP contribution < -0.4 is 5.32 Å². The van der Waals surface area contributed by atoms with Gasteiger partial charge in [0.2, 0.25) is 5.91 Å². The lowest BCUT2D eigenvalue weighted by molar-refractivity contribution is -0.113. The summed E-state index contributed by atoms with van der Waals surface area (Å²) in [6.45, 7) is 4.73. The summed E-state index contributed by atoms with van der Waals surface area (Å²) in [6.07, 6.45) is 2.93. The van der Waals surface area contributed by atoms with Crippen molar-refractivity contribution in [2.45, 2.75) is 44.8 Å². The summed E-state index contributed by atoms with van der Waals surface area (Å²) in [6, 6.07) is 8.71. The van der Waals surface area contributed by atoms with Crippen LogP contribution >= 0.6 is 23.1 Å². The van der Waals surface area contributed by atoms with Gasteiger partial charge < -0.3 is 9.88 Å². The number of carbonyl (C=O) groups is 1. The highest BCUT2D eigenvalue weighted by Gasteiger charge is 2.24. The second kappa shape index (κ2) is 9.20. The van der Waals surface area contributed by atoms with Crippen molar-refractivity contribution in [1.82, 2.24) is 14.8 Å². The molecule has 9 heteroatoms. The van der Waals surface area contributed by atoms with Gasteiger partial charge in [-0.15, -0.1) is 21.5 Å². The molecule has 0 saturated heterocycles. The fourth-order valence-electron chi connectivity index (χ4n) is 3.67. The van der Waals surface area contributed by atoms with Crippen molar-refractivity contribution in [2.24, 2.45) is 5.92 Å². The number of aryl methyl sites for hydroxylation is 1. The van der Waals surface area contributed by atoms with Gasteiger partial charge in [0.25, 0.3) is 0 Å². The minimum atomic E-state index is -0.357. The highest BCUT2D eigenvalue weighted by atomic mass is 32.2. The molecule has 160 valence electrons. The van der Waals surface area contributed by atoms with E-state index >= 15 is 0 Å². The van der Waals surface area contributed by atoms with Gasteiger partial charge in [0, 0.05) is 11.4 Å². The Morgan fingerprint density at radius 1 is 1.35 bits per heavy atom. The summed E-state index contributed by atoms with van der Waals surface area (Å²) in [5, 5.41) is 22.0. The fourth-order valence-corrected chi connectivity index (χ4v) is 5.67. The summed E-state index contributed by atoms with van der Waals surface area (Å²) in [4.78, 5) is 13.8. The largest absolute Gasteiger partial charge is 0.316 e. The number of thioether (sulfide) groups is 1. The predicted molar refractivity (Wildman–Crippen MR) is 121 cm³/mol. The number of hydrogen-bond donors (Lipinski definition) is 1. The van der Waals surface area contributed by atoms with Gasteiger partial charge in [0.1, 0.15) is 16.9 Å². The van der Waals surface area contributed by atoms with Crippen molar-refractivity contribution in [2.75, 3.05) is 11.1 Å². The summed E-state index contributed by atoms with van der Waals surface area (Å²) in [5.74, 6) is 0.315. The topological polar surface area (TPSA) is 83.6 Å². The Labute approximate surface area is 188 Å². The van der Waals surface area contributed by atoms with E-state index in [1.807, 2.05) is 4.57 Å². The average Bonchev–Trinajstić information content (AvgIpc) is 3.41. The van der Waals surface area contributed by atoms with E-state index in [1.165, 1.54) is 34.0 Å². The highest BCUT2D eigenvalue weighted by Crippen LogP contribution is 2.38. The SMILES string of the molecule is CC(C)Cn1c(SCC(=O)Nc2sc3c(c2C#N)CCC3)nnc1-c1ccccc1F. The second-order valence-electron chi connectivity index (χ2n) is 7.80. The lowest BCUT2D eigenvalue weighted by atomic mass is 10.1. The smallest absolute Gasteiger partial charge is 0.235 e. The number of anilines is 1. The molecule has 6 nitrogen and oxygen atoms in total. The summed E-state index contributed by atoms with van der Waals surface area (Å²) in [5.41, 5.74) is 2.07. The number of benzene rings is 1. The molecule has 0 unspecified atom stereocenters. The van der Waals surface area contributed by atoms with Crippen molar-refractivity contribution in [3.63, 3.8) is 0 Å². The van der Waals surface area contributed by atoms with Crippen molar-refractivity contribution in [3.8, 4) is 17.5 Å². The van der Waals surface area contributed by atoms with E-state index < -0.39 is 0 Å². The molecule has 0 aliphatic heterocycles. The van der Waals surface area contributed by atoms with E-state index in [1.54, 1.807) is 18.2 Å². The zero-order valence-electron chi connectivity index (χ0n) is 17.3. The molecule has 1 aromatic carbocycles. The maximum Gasteiger partial charge on any atom is 0.235 e. The molecule has 2 aromatic heterocycles. The molecule has 1 aliphatic rings. The van der Waals surface area contributed by atoms with Gasteiger partial charge in [-0.25, -0.2) is 4.39 Å². The number of nitriles is 1. The van der Waals surface area contributed by atoms with Crippen molar-refractivity contribution in [3.05, 3.63) is 46.1 Å². The van der Waals surface area contributed by atoms with Gasteiger partial charge in [0.05, 0.1) is 16.9 Å². The van der Waals surface area contributed by atoms with Crippen LogP contribution in [0.5, 0.6) is 0 Å². The molecule has 0 spiro atoms. The molecular formula is C22H22FN5OS2. The molecule has 0 radical (unpaired) electrons. The highest BCUT2D eigenvalue weighted by molar-refractivity contribution is 7.99. The van der Waals surface area contributed by atoms with Crippen LogP contribution in [0.4, 0.5) is 9.39 Å². The van der Waals surface area contributed by atoms with Crippen LogP contribution in [0.15, 0.2) is 29.4 Å². The van der Waals surface area contributed by atoms with Gasteiger partial charge in [-0.1, -0.05) is 37.7 Å². The van der Waals surface area contributed by atoms with Crippen LogP contribution in [0.1, 0.15) is 36.3 Å². The zero-order chi connectivity index (χ0) is 22.0. The molecule has 4 rings (SSSR count). The first-order valence-corrected chi connectivity index (χ1v) is 11.9. The third kappa shape index (κ3) is 4.50. The minimum Gasteiger partial charge on any atom is -0.316 e. The maximum atomic E-state index is 14.3. The zero-order valence-corrected chi connectivity index (χ0v) is 18.9. The summed E-state index contributed by atoms with van der Waals surface area (Å²) >= 11 is 2.76. The Kier molecular flexibility index (Phi) is 6.39. The Morgan fingerprint density at radius 3 is 2.90 bits per heavy atom. The van der Waals surface area contributed by atoms with Gasteiger partial charge in [-0.05, 0) is 42.9 Å². The minimum absolute atomic E-state index is 0.126. The first-order valence-electron chi connectivity index (χ1n) is 10.1. The molecule has 31 heavy (non-hydrogen) atoms. The number of thiophene rings is 1. The van der Waals surface area contributed by atoms with Crippen molar-refractivity contribution < 1.29 is 9.18 Å². The van der Waals surface area contributed by atoms with E-state index in [-0.39, 0.29) is 17.5 Å². The molecule has 2 heterocycles. The van der Waals surface area contributed by atoms with Crippen molar-refractivity contribution in [1.29, 1.82) is 5.26 Å². The molecule has 1 N–H and O–H groups in total. The quantitative estimate of drug-likeness (QED) is 0.513. The van der Waals surface area contributed by atoms with Crippen LogP contribution in [0.25, 0.3) is 11.4 Å². The van der Waals surface area contributed by atoms with E-state index in [0.717, 1.165) is 24.8 Å². The van der Waals surface area contributed by atoms with Gasteiger partial charge >= 0.3 is 0 Å². The summed E-state index contributed by atoms with van der Waals surface area (Å²) in [7, 11) is 0. The molecule has 3 aromatic rings. The van der Waals surface area contributed by atoms with Gasteiger partial charge in [0.15, 0.2) is 11.0 Å². The number of nitrogens with zero attached hydrogens (tertiary/aromatic N) is 4. The lowest BCUT2D eigenvalue weighted by Gasteiger charge is -2.13. The fraction of sp³-hybridized carbons (Fsp3) is 0.364. The molecule has 1 aliphatic carbocycles. The monoisotopic (exact) mass is 455 g/mol. The molecule has 0 atom stereocenters. The number of hydrogen-bond acceptors (Lipinski definition) is 6. The van der Waals surface area contributed by atoms with Crippen LogP contribution in [-0.2, 0) is 24.2 Å². The van der Waals surface area contributed by atoms with Crippen LogP contribution in [0.3, 0.4) is 0 Å². The lowest BCUT2D eigenvalue weighted by Crippen LogP contribution is -2.15. The Balaban J connectivity index is 1.50. The Bertz CT molecular complexity index is 1160. The number of nitrogens with one attached hydrogen (secondary N) is 1. The number of carbonyl (C=O) groups excluding carboxylic acids is 1. The summed E-state index contributed by atoms with van der Waals surface area (Å²) < 4.78 is 16.2. The van der Waals surface area contributed by atoms with E-state index in [4.69, 9.17) is 0 Å². The molecule has 1 amide bonds. The van der Waals surface area contributed by atoms with E-state index in [9.17, 15) is 14.4 Å². The van der Waals surface area contributed by atoms with Crippen LogP contribution in [0, 0.1) is 23.1 Å². The number of rotatable bonds is 7. The third-order valence-corrected chi connectivity index (χ3v) is 7.17. The third-order valence-electron chi connectivity index (χ3n) is 5.00. The second-order valence-corrected chi connectivity index (χ2v) is 9.85. The van der Waals surface area contributed by atoms with E-state index in [2.05, 4.69) is 35.4 Å². The number of fused-ring (bicyclic) bond motifs is 1. The molecule has 0 bridgehead atoms. The normalized spacial score (nSPS) is 12.7. The number of amides is 1. The Morgan fingerprint density at radius 2 is 2.16 bits per heavy atom. The van der Waals surface area contributed by atoms with Gasteiger partial charge in [-0.3, -0.25) is 4.79 Å². The first kappa shape index (κ1) is 21.5. The van der Waals surface area contributed by atoms with Crippen LogP contribution in [0.2, 0.25) is 0 Å². The Hall–Kier alpha value is -2.70. The standard InChI is InChI=1S/C22H22FN5OS2/c1-13(2)11-28-20(15-6-3-4-8-17(15)23)26-27-22(28)30-12-19(29)25-21-16(10-24)14-7-5-9-18(14)31-21/h3-4,6,8,13H,5,7,9,11-12H2,1-2H3,(H,25,29). The molecule has 0 saturated carbocycles. The maximum absolute atomic E-state index is 14.3. The van der Waals surface area contributed by atoms with Crippen LogP contribution in [-0.4, -0.2) is 26.4 Å². The van der Waals surface area contributed by atoms with Crippen molar-refractivity contribution >= 4 is 34.0 Å². The number of aromatic nitrogens is 3. The average molecular weight is 456 g/mol. The predicted octanol–water partition coefficient (Wildman–Crippen LogP) is 4.89. The van der Waals surface area contributed by atoms with E-state index in [0.29, 0.717) is 39.6 Å². The van der Waals surface area contributed by atoms with Gasteiger partial charge in [-0.2, -0.15) is 5.26 Å². The number of halogens is 1. The first-order chi connectivity index (χ1) is 15.0. The molecular weight excluding hydrogens is 433 g/mol.